The van der Waals surface area contributed by atoms with Crippen LogP contribution in [0.15, 0.2) is 53.4 Å². The van der Waals surface area contributed by atoms with Crippen molar-refractivity contribution in [2.45, 2.75) is 17.1 Å². The Morgan fingerprint density at radius 1 is 1.05 bits per heavy atom. The van der Waals surface area contributed by atoms with Crippen molar-refractivity contribution in [3.05, 3.63) is 59.7 Å². The van der Waals surface area contributed by atoms with Gasteiger partial charge in [-0.15, -0.1) is 0 Å². The predicted octanol–water partition coefficient (Wildman–Crippen LogP) is 2.05. The minimum Gasteiger partial charge on any atom is -0.870 e. The number of rotatable bonds is 5. The first-order chi connectivity index (χ1) is 9.13. The van der Waals surface area contributed by atoms with Crippen LogP contribution in [0, 0.1) is 0 Å². The Morgan fingerprint density at radius 2 is 1.67 bits per heavy atom. The summed E-state index contributed by atoms with van der Waals surface area (Å²) >= 11 is 1.71. The van der Waals surface area contributed by atoms with Crippen LogP contribution in [0.4, 0.5) is 0 Å². The molecule has 0 spiro atoms. The third kappa shape index (κ3) is 6.49. The maximum atomic E-state index is 10.6. The van der Waals surface area contributed by atoms with Crippen LogP contribution in [-0.2, 0) is 17.0 Å². The van der Waals surface area contributed by atoms with Crippen LogP contribution >= 0.6 is 11.8 Å². The molecule has 2 aromatic carbocycles. The monoisotopic (exact) mass is 302 g/mol. The van der Waals surface area contributed by atoms with Crippen LogP contribution in [0.2, 0.25) is 0 Å². The summed E-state index contributed by atoms with van der Waals surface area (Å²) in [4.78, 5) is 11.7. The number of hydrogen-bond acceptors (Lipinski definition) is 4. The molecule has 0 aliphatic heterocycles. The molecule has 0 unspecified atom stereocenters. The first kappa shape index (κ1) is 19.2. The van der Waals surface area contributed by atoms with E-state index < -0.39 is 5.97 Å². The molecule has 2 rings (SSSR count). The molecule has 0 fully saturated rings. The fraction of sp³-hybridized carbons (Fsp3) is 0.133. The van der Waals surface area contributed by atoms with Gasteiger partial charge in [-0.2, -0.15) is 0 Å². The zero-order chi connectivity index (χ0) is 13.7. The van der Waals surface area contributed by atoms with Crippen molar-refractivity contribution in [3.8, 4) is 0 Å². The fourth-order valence-corrected chi connectivity index (χ4v) is 2.62. The van der Waals surface area contributed by atoms with Gasteiger partial charge in [0.05, 0.1) is 0 Å². The van der Waals surface area contributed by atoms with Crippen LogP contribution in [0.1, 0.15) is 11.1 Å². The predicted molar refractivity (Wildman–Crippen MR) is 83.0 cm³/mol. The summed E-state index contributed by atoms with van der Waals surface area (Å²) < 4.78 is 0. The van der Waals surface area contributed by atoms with Gasteiger partial charge >= 0.3 is 118 Å². The summed E-state index contributed by atoms with van der Waals surface area (Å²) in [5.41, 5.74) is 2.76. The van der Waals surface area contributed by atoms with E-state index in [2.05, 4.69) is 0 Å². The van der Waals surface area contributed by atoms with Gasteiger partial charge in [-0.25, -0.2) is 0 Å². The first-order valence-corrected chi connectivity index (χ1v) is 6.90. The molecule has 3 N–H and O–H groups in total. The van der Waals surface area contributed by atoms with E-state index in [0.717, 1.165) is 21.7 Å². The van der Waals surface area contributed by atoms with Crippen LogP contribution in [0.25, 0.3) is 0 Å². The molecule has 0 aliphatic carbocycles. The number of thioether (sulfide) groups is 1. The second-order valence-electron chi connectivity index (χ2n) is 4.25. The Hall–Kier alpha value is -1.76. The van der Waals surface area contributed by atoms with Crippen LogP contribution in [0.5, 0.6) is 0 Å². The smallest absolute Gasteiger partial charge is 0.870 e. The molecule has 0 heterocycles. The zero-order valence-corrected chi connectivity index (χ0v) is 12.1. The number of benzene rings is 2. The van der Waals surface area contributed by atoms with E-state index in [1.807, 2.05) is 48.5 Å². The molecular weight excluding hydrogens is 287 g/mol. The molecule has 21 heavy (non-hydrogen) atoms. The number of hydrogen-bond donors (Lipinski definition) is 1. The van der Waals surface area contributed by atoms with Gasteiger partial charge < -0.3 is 11.0 Å². The topological polar surface area (TPSA) is 97.3 Å². The average Bonchev–Trinajstić information content (AvgIpc) is 2.37. The molecule has 0 saturated carbocycles. The van der Waals surface area contributed by atoms with E-state index in [9.17, 15) is 4.79 Å². The third-order valence-corrected chi connectivity index (χ3v) is 3.71. The number of carboxylic acids is 1. The second-order valence-corrected chi connectivity index (χ2v) is 5.30. The van der Waals surface area contributed by atoms with E-state index in [4.69, 9.17) is 13.0 Å². The molecule has 0 radical (unpaired) electrons. The van der Waals surface area contributed by atoms with Gasteiger partial charge in [0.25, 0.3) is 0 Å². The molecule has 0 aliphatic rings. The molecule has 0 saturated heterocycles. The van der Waals surface area contributed by atoms with Crippen LogP contribution in [-0.4, -0.2) is 29.9 Å². The van der Waals surface area contributed by atoms with Crippen molar-refractivity contribution in [1.29, 1.82) is 0 Å². The minimum absolute atomic E-state index is 0. The van der Waals surface area contributed by atoms with E-state index in [1.54, 1.807) is 11.8 Å². The molecule has 0 aromatic heterocycles. The van der Waals surface area contributed by atoms with Gasteiger partial charge in [0.2, 0.25) is 0 Å². The first-order valence-electron chi connectivity index (χ1n) is 5.91. The summed E-state index contributed by atoms with van der Waals surface area (Å²) in [6.07, 6.45) is 0.0721. The van der Waals surface area contributed by atoms with Crippen LogP contribution in [0.3, 0.4) is 0 Å². The SMILES string of the molecule is [B+2]c1cccc(SCc2ccc(CC(=O)O)cc2)c1.[OH-].[OH-]. The summed E-state index contributed by atoms with van der Waals surface area (Å²) in [7, 11) is 5.72. The molecule has 4 nitrogen and oxygen atoms in total. The van der Waals surface area contributed by atoms with Gasteiger partial charge in [-0.05, 0) is 0 Å². The van der Waals surface area contributed by atoms with Crippen molar-refractivity contribution in [1.82, 2.24) is 0 Å². The Morgan fingerprint density at radius 3 is 2.24 bits per heavy atom. The molecule has 108 valence electrons. The maximum absolute atomic E-state index is 10.6. The van der Waals surface area contributed by atoms with E-state index in [-0.39, 0.29) is 17.4 Å². The van der Waals surface area contributed by atoms with Gasteiger partial charge in [0.1, 0.15) is 0 Å². The zero-order valence-electron chi connectivity index (χ0n) is 11.3. The molecule has 0 amide bonds. The number of carboxylic acid groups (broad SMARTS) is 1. The number of carbonyl (C=O) groups is 1. The summed E-state index contributed by atoms with van der Waals surface area (Å²) in [5, 5.41) is 8.70. The van der Waals surface area contributed by atoms with E-state index in [0.29, 0.717) is 0 Å². The molecule has 0 atom stereocenters. The molecule has 2 aromatic rings. The van der Waals surface area contributed by atoms with Gasteiger partial charge in [0, 0.05) is 0 Å². The van der Waals surface area contributed by atoms with Gasteiger partial charge in [0.15, 0.2) is 0 Å². The van der Waals surface area contributed by atoms with Crippen molar-refractivity contribution in [3.63, 3.8) is 0 Å². The number of aliphatic carboxylic acids is 1. The summed E-state index contributed by atoms with van der Waals surface area (Å²) in [6, 6.07) is 15.4. The fourth-order valence-electron chi connectivity index (χ4n) is 1.70. The van der Waals surface area contributed by atoms with Crippen molar-refractivity contribution in [2.24, 2.45) is 0 Å². The van der Waals surface area contributed by atoms with Crippen LogP contribution < -0.4 is 5.46 Å². The average molecular weight is 302 g/mol. The normalized spacial score (nSPS) is 9.43. The minimum atomic E-state index is -0.804. The van der Waals surface area contributed by atoms with Crippen molar-refractivity contribution in [2.75, 3.05) is 0 Å². The largest absolute Gasteiger partial charge is 0.870 e. The molecule has 6 heteroatoms. The Labute approximate surface area is 129 Å². The Kier molecular flexibility index (Phi) is 8.46. The standard InChI is InChI=1S/C15H13BO2S.2H2O/c16-13-2-1-3-14(9-13)19-10-12-6-4-11(5-7-12)8-15(17)18;;/h1-7,9H,8,10H2,(H,17,18);2*1H2/q+2;;/p-2. The summed E-state index contributed by atoms with van der Waals surface area (Å²) in [5.74, 6) is 0.0402. The van der Waals surface area contributed by atoms with Crippen molar-refractivity contribution >= 4 is 31.0 Å². The van der Waals surface area contributed by atoms with Gasteiger partial charge in [-0.3, -0.25) is 0 Å². The molecule has 0 bridgehead atoms. The Bertz CT molecular complexity index is 572. The van der Waals surface area contributed by atoms with E-state index in [1.165, 1.54) is 5.56 Å². The van der Waals surface area contributed by atoms with E-state index >= 15 is 0 Å². The third-order valence-electron chi connectivity index (χ3n) is 2.64. The van der Waals surface area contributed by atoms with Gasteiger partial charge in [-0.1, -0.05) is 0 Å². The second kappa shape index (κ2) is 9.23. The molecular formula is C15H15BO4S. The summed E-state index contributed by atoms with van der Waals surface area (Å²) in [6.45, 7) is 0. The Balaban J connectivity index is 0.00000200. The quantitative estimate of drug-likeness (QED) is 0.673. The van der Waals surface area contributed by atoms with Crippen molar-refractivity contribution < 1.29 is 20.9 Å². The maximum Gasteiger partial charge on any atom is -0.870 e.